The summed E-state index contributed by atoms with van der Waals surface area (Å²) in [5.74, 6) is 1.09. The van der Waals surface area contributed by atoms with E-state index in [0.717, 1.165) is 6.42 Å². The molecule has 8 nitrogen and oxygen atoms in total. The highest BCUT2D eigenvalue weighted by molar-refractivity contribution is 6.22. The monoisotopic (exact) mass is 472 g/mol. The molecule has 3 fully saturated rings. The smallest absolute Gasteiger partial charge is 0.411 e. The van der Waals surface area contributed by atoms with E-state index in [1.54, 1.807) is 48.5 Å². The highest BCUT2D eigenvalue weighted by Gasteiger charge is 2.67. The summed E-state index contributed by atoms with van der Waals surface area (Å²) in [4.78, 5) is 51.5. The molecule has 5 aliphatic rings. The zero-order valence-electron chi connectivity index (χ0n) is 19.0. The molecule has 0 aromatic heterocycles. The maximum absolute atomic E-state index is 13.2. The van der Waals surface area contributed by atoms with Crippen LogP contribution < -0.4 is 15.0 Å². The Labute approximate surface area is 201 Å². The van der Waals surface area contributed by atoms with Crippen molar-refractivity contribution in [3.05, 3.63) is 66.2 Å². The summed E-state index contributed by atoms with van der Waals surface area (Å²) in [5, 5.41) is 2.52. The van der Waals surface area contributed by atoms with Crippen LogP contribution in [0, 0.1) is 35.5 Å². The Kier molecular flexibility index (Phi) is 4.98. The molecule has 178 valence electrons. The molecule has 6 atom stereocenters. The molecule has 8 heteroatoms. The number of hydrogen-bond acceptors (Lipinski definition) is 6. The van der Waals surface area contributed by atoms with Crippen LogP contribution in [0.4, 0.5) is 16.2 Å². The molecular weight excluding hydrogens is 448 g/mol. The first-order valence-electron chi connectivity index (χ1n) is 11.7. The fraction of sp³-hybridized carbons (Fsp3) is 0.333. The molecule has 1 saturated heterocycles. The molecular formula is C27H24N2O6. The number of carbonyl (C=O) groups excluding carboxylic acids is 4. The van der Waals surface area contributed by atoms with Gasteiger partial charge in [-0.05, 0) is 78.6 Å². The van der Waals surface area contributed by atoms with Crippen molar-refractivity contribution in [1.82, 2.24) is 0 Å². The highest BCUT2D eigenvalue weighted by Crippen LogP contribution is 2.65. The largest absolute Gasteiger partial charge is 0.485 e. The first-order chi connectivity index (χ1) is 17.0. The van der Waals surface area contributed by atoms with Crippen molar-refractivity contribution in [3.8, 4) is 5.75 Å². The number of methoxy groups -OCH3 is 1. The van der Waals surface area contributed by atoms with Gasteiger partial charge in [0.2, 0.25) is 11.8 Å². The van der Waals surface area contributed by atoms with Crippen molar-refractivity contribution >= 4 is 35.1 Å². The lowest BCUT2D eigenvalue weighted by Crippen LogP contribution is -2.40. The van der Waals surface area contributed by atoms with E-state index in [4.69, 9.17) is 4.74 Å². The normalized spacial score (nSPS) is 29.5. The predicted octanol–water partition coefficient (Wildman–Crippen LogP) is 3.68. The number of amides is 3. The second kappa shape index (κ2) is 8.08. The Balaban J connectivity index is 1.09. The number of ketones is 1. The van der Waals surface area contributed by atoms with Crippen molar-refractivity contribution in [3.63, 3.8) is 0 Å². The number of imide groups is 1. The van der Waals surface area contributed by atoms with Crippen molar-refractivity contribution < 1.29 is 28.7 Å². The molecule has 1 aliphatic heterocycles. The molecule has 6 unspecified atom stereocenters. The van der Waals surface area contributed by atoms with E-state index >= 15 is 0 Å². The number of ether oxygens (including phenoxy) is 2. The van der Waals surface area contributed by atoms with Gasteiger partial charge in [0.25, 0.3) is 0 Å². The molecule has 1 N–H and O–H groups in total. The van der Waals surface area contributed by atoms with Gasteiger partial charge in [-0.15, -0.1) is 0 Å². The zero-order chi connectivity index (χ0) is 24.3. The molecule has 1 heterocycles. The third-order valence-electron chi connectivity index (χ3n) is 7.77. The summed E-state index contributed by atoms with van der Waals surface area (Å²) < 4.78 is 10.2. The molecule has 2 saturated carbocycles. The average Bonchev–Trinajstić information content (AvgIpc) is 3.66. The van der Waals surface area contributed by atoms with Gasteiger partial charge in [0.1, 0.15) is 5.75 Å². The molecule has 0 spiro atoms. The number of nitrogens with zero attached hydrogens (tertiary/aromatic N) is 1. The lowest BCUT2D eigenvalue weighted by molar-refractivity contribution is -0.124. The Morgan fingerprint density at radius 3 is 2.09 bits per heavy atom. The second-order valence-electron chi connectivity index (χ2n) is 9.57. The number of nitrogens with one attached hydrogen (secondary N) is 1. The minimum atomic E-state index is -0.590. The third kappa shape index (κ3) is 3.51. The van der Waals surface area contributed by atoms with E-state index in [1.807, 2.05) is 0 Å². The van der Waals surface area contributed by atoms with Crippen LogP contribution in [0.1, 0.15) is 16.8 Å². The van der Waals surface area contributed by atoms with Gasteiger partial charge in [-0.1, -0.05) is 12.2 Å². The minimum Gasteiger partial charge on any atom is -0.485 e. The standard InChI is InChI=1S/C27H24N2O6/c1-34-27(33)28-15-4-2-14(3-5-15)22(30)13-35-17-8-6-16(7-9-17)29-25(31)23-18-10-11-19(21-12-20(18)21)24(23)26(29)32/h2-11,18-21,23-24H,12-13H2,1H3,(H,28,33). The first kappa shape index (κ1) is 21.6. The molecule has 35 heavy (non-hydrogen) atoms. The molecule has 2 aromatic carbocycles. The van der Waals surface area contributed by atoms with Gasteiger partial charge in [0, 0.05) is 11.3 Å². The maximum atomic E-state index is 13.2. The van der Waals surface area contributed by atoms with Crippen molar-refractivity contribution in [2.45, 2.75) is 6.42 Å². The van der Waals surface area contributed by atoms with E-state index in [1.165, 1.54) is 12.0 Å². The first-order valence-corrected chi connectivity index (χ1v) is 11.7. The van der Waals surface area contributed by atoms with Crippen molar-refractivity contribution in [1.29, 1.82) is 0 Å². The molecule has 3 amide bonds. The van der Waals surface area contributed by atoms with Gasteiger partial charge in [-0.25, -0.2) is 4.79 Å². The summed E-state index contributed by atoms with van der Waals surface area (Å²) in [6, 6.07) is 13.1. The van der Waals surface area contributed by atoms with Gasteiger partial charge >= 0.3 is 6.09 Å². The lowest BCUT2D eigenvalue weighted by atomic mass is 9.63. The number of hydrogen-bond donors (Lipinski definition) is 1. The quantitative estimate of drug-likeness (QED) is 0.391. The summed E-state index contributed by atoms with van der Waals surface area (Å²) in [6.45, 7) is -0.174. The number of carbonyl (C=O) groups is 4. The molecule has 0 radical (unpaired) electrons. The fourth-order valence-electron chi connectivity index (χ4n) is 6.04. The molecule has 4 aliphatic carbocycles. The molecule has 7 rings (SSSR count). The van der Waals surface area contributed by atoms with Crippen LogP contribution in [0.2, 0.25) is 0 Å². The Bertz CT molecular complexity index is 1220. The fourth-order valence-corrected chi connectivity index (χ4v) is 6.04. The topological polar surface area (TPSA) is 102 Å². The van der Waals surface area contributed by atoms with E-state index in [0.29, 0.717) is 34.5 Å². The number of allylic oxidation sites excluding steroid dienone is 2. The van der Waals surface area contributed by atoms with Crippen molar-refractivity contribution in [2.75, 3.05) is 23.9 Å². The van der Waals surface area contributed by atoms with E-state index < -0.39 is 6.09 Å². The van der Waals surface area contributed by atoms with Crippen LogP contribution in [-0.4, -0.2) is 37.4 Å². The molecule has 2 bridgehead atoms. The van der Waals surface area contributed by atoms with Gasteiger partial charge in [-0.3, -0.25) is 24.6 Å². The van der Waals surface area contributed by atoms with E-state index in [-0.39, 0.29) is 47.9 Å². The number of benzene rings is 2. The number of anilines is 2. The van der Waals surface area contributed by atoms with Crippen LogP contribution in [0.15, 0.2) is 60.7 Å². The SMILES string of the molecule is COC(=O)Nc1ccc(C(=O)COc2ccc(N3C(=O)C4C5C=CC(C6CC56)C4C3=O)cc2)cc1. The van der Waals surface area contributed by atoms with Crippen LogP contribution >= 0.6 is 0 Å². The van der Waals surface area contributed by atoms with E-state index in [9.17, 15) is 19.2 Å². The Hall–Kier alpha value is -3.94. The second-order valence-corrected chi connectivity index (χ2v) is 9.57. The summed E-state index contributed by atoms with van der Waals surface area (Å²) in [5.41, 5.74) is 1.49. The predicted molar refractivity (Wildman–Crippen MR) is 126 cm³/mol. The summed E-state index contributed by atoms with van der Waals surface area (Å²) >= 11 is 0. The van der Waals surface area contributed by atoms with Gasteiger partial charge < -0.3 is 9.47 Å². The molecule has 2 aromatic rings. The van der Waals surface area contributed by atoms with Crippen LogP contribution in [0.5, 0.6) is 5.75 Å². The van der Waals surface area contributed by atoms with E-state index in [2.05, 4.69) is 22.2 Å². The minimum absolute atomic E-state index is 0.0984. The lowest BCUT2D eigenvalue weighted by Gasteiger charge is -2.37. The Morgan fingerprint density at radius 2 is 1.51 bits per heavy atom. The number of rotatable bonds is 6. The Morgan fingerprint density at radius 1 is 0.914 bits per heavy atom. The summed E-state index contributed by atoms with van der Waals surface area (Å²) in [7, 11) is 1.27. The van der Waals surface area contributed by atoms with Crippen LogP contribution in [0.25, 0.3) is 0 Å². The van der Waals surface area contributed by atoms with Gasteiger partial charge in [-0.2, -0.15) is 0 Å². The number of Topliss-reactive ketones (excluding diaryl/α,β-unsaturated/α-hetero) is 1. The maximum Gasteiger partial charge on any atom is 0.411 e. The van der Waals surface area contributed by atoms with Crippen LogP contribution in [0.3, 0.4) is 0 Å². The van der Waals surface area contributed by atoms with Gasteiger partial charge in [0.15, 0.2) is 12.4 Å². The summed E-state index contributed by atoms with van der Waals surface area (Å²) in [6.07, 6.45) is 4.86. The van der Waals surface area contributed by atoms with Crippen molar-refractivity contribution in [2.24, 2.45) is 35.5 Å². The van der Waals surface area contributed by atoms with Gasteiger partial charge in [0.05, 0.1) is 24.6 Å². The third-order valence-corrected chi connectivity index (χ3v) is 7.77. The zero-order valence-corrected chi connectivity index (χ0v) is 19.0. The van der Waals surface area contributed by atoms with Crippen LogP contribution in [-0.2, 0) is 14.3 Å². The average molecular weight is 472 g/mol. The highest BCUT2D eigenvalue weighted by atomic mass is 16.5.